The first kappa shape index (κ1) is 16.7. The molecule has 1 fully saturated rings. The van der Waals surface area contributed by atoms with Crippen molar-refractivity contribution in [2.24, 2.45) is 0 Å². The first-order valence-corrected chi connectivity index (χ1v) is 8.03. The molecule has 3 nitrogen and oxygen atoms in total. The quantitative estimate of drug-likeness (QED) is 0.458. The van der Waals surface area contributed by atoms with E-state index in [0.29, 0.717) is 12.5 Å². The monoisotopic (exact) mass is 310 g/mol. The predicted octanol–water partition coefficient (Wildman–Crippen LogP) is 3.38. The number of rotatable bonds is 6. The van der Waals surface area contributed by atoms with Gasteiger partial charge in [-0.1, -0.05) is 12.1 Å². The average Bonchev–Trinajstić information content (AvgIpc) is 2.64. The van der Waals surface area contributed by atoms with Crippen LogP contribution in [0.3, 0.4) is 0 Å². The average molecular weight is 311 g/mol. The summed E-state index contributed by atoms with van der Waals surface area (Å²) in [6.45, 7) is 8.92. The van der Waals surface area contributed by atoms with Crippen molar-refractivity contribution >= 4 is 24.2 Å². The zero-order valence-corrected chi connectivity index (χ0v) is 14.1. The Balaban J connectivity index is 1.94. The molecule has 0 bridgehead atoms. The molecule has 21 heavy (non-hydrogen) atoms. The van der Waals surface area contributed by atoms with Crippen molar-refractivity contribution in [1.29, 1.82) is 0 Å². The smallest absolute Gasteiger partial charge is 0.494 e. The highest BCUT2D eigenvalue weighted by Crippen LogP contribution is 2.36. The summed E-state index contributed by atoms with van der Waals surface area (Å²) in [5.74, 6) is 1.55. The lowest BCUT2D eigenvalue weighted by Crippen LogP contribution is -2.41. The number of hydrogen-bond donors (Lipinski definition) is 0. The van der Waals surface area contributed by atoms with Gasteiger partial charge in [0.15, 0.2) is 0 Å². The van der Waals surface area contributed by atoms with Gasteiger partial charge in [0.05, 0.1) is 17.8 Å². The zero-order valence-electron chi connectivity index (χ0n) is 13.3. The standard InChI is InChI=1S/C16H24BClO3/c1-15(2)16(3,4)21-17(20-15)13-7-9-14(10-8-13)19-12-6-5-11-18/h7-10H,5-6,11-12H2,1-4H3. The van der Waals surface area contributed by atoms with Gasteiger partial charge in [0, 0.05) is 5.88 Å². The number of hydrogen-bond acceptors (Lipinski definition) is 3. The van der Waals surface area contributed by atoms with Gasteiger partial charge in [-0.05, 0) is 58.1 Å². The Morgan fingerprint density at radius 2 is 1.57 bits per heavy atom. The maximum atomic E-state index is 6.03. The summed E-state index contributed by atoms with van der Waals surface area (Å²) in [4.78, 5) is 0. The lowest BCUT2D eigenvalue weighted by atomic mass is 9.79. The van der Waals surface area contributed by atoms with Crippen LogP contribution in [0.25, 0.3) is 0 Å². The van der Waals surface area contributed by atoms with Crippen LogP contribution in [0.4, 0.5) is 0 Å². The lowest BCUT2D eigenvalue weighted by Gasteiger charge is -2.32. The molecule has 5 heteroatoms. The van der Waals surface area contributed by atoms with Gasteiger partial charge in [0.2, 0.25) is 0 Å². The van der Waals surface area contributed by atoms with Crippen LogP contribution in [0.5, 0.6) is 5.75 Å². The molecule has 1 heterocycles. The van der Waals surface area contributed by atoms with Crippen molar-refractivity contribution in [3.63, 3.8) is 0 Å². The lowest BCUT2D eigenvalue weighted by molar-refractivity contribution is 0.00578. The molecule has 2 rings (SSSR count). The van der Waals surface area contributed by atoms with E-state index in [0.717, 1.165) is 24.1 Å². The van der Waals surface area contributed by atoms with E-state index in [2.05, 4.69) is 27.7 Å². The largest absolute Gasteiger partial charge is 0.494 e. The number of halogens is 1. The highest BCUT2D eigenvalue weighted by Gasteiger charge is 2.51. The minimum absolute atomic E-state index is 0.311. The number of alkyl halides is 1. The number of benzene rings is 1. The molecule has 1 aromatic rings. The molecule has 0 saturated carbocycles. The van der Waals surface area contributed by atoms with Crippen LogP contribution in [0.2, 0.25) is 0 Å². The third kappa shape index (κ3) is 3.94. The van der Waals surface area contributed by atoms with Gasteiger partial charge in [-0.2, -0.15) is 0 Å². The third-order valence-corrected chi connectivity index (χ3v) is 4.47. The molecule has 0 spiro atoms. The molecule has 1 aromatic carbocycles. The van der Waals surface area contributed by atoms with Crippen LogP contribution in [0.1, 0.15) is 40.5 Å². The highest BCUT2D eigenvalue weighted by atomic mass is 35.5. The topological polar surface area (TPSA) is 27.7 Å². The molecule has 0 N–H and O–H groups in total. The molecular formula is C16H24BClO3. The Morgan fingerprint density at radius 1 is 1.00 bits per heavy atom. The Morgan fingerprint density at radius 3 is 2.10 bits per heavy atom. The van der Waals surface area contributed by atoms with Crippen molar-refractivity contribution in [3.05, 3.63) is 24.3 Å². The van der Waals surface area contributed by atoms with Crippen LogP contribution in [-0.4, -0.2) is 30.8 Å². The molecule has 0 aromatic heterocycles. The van der Waals surface area contributed by atoms with E-state index < -0.39 is 0 Å². The van der Waals surface area contributed by atoms with E-state index in [1.807, 2.05) is 24.3 Å². The van der Waals surface area contributed by atoms with Crippen molar-refractivity contribution in [2.45, 2.75) is 51.7 Å². The van der Waals surface area contributed by atoms with Gasteiger partial charge < -0.3 is 14.0 Å². The fourth-order valence-electron chi connectivity index (χ4n) is 2.09. The second-order valence-electron chi connectivity index (χ2n) is 6.40. The minimum atomic E-state index is -0.319. The van der Waals surface area contributed by atoms with E-state index in [-0.39, 0.29) is 18.3 Å². The summed E-state index contributed by atoms with van der Waals surface area (Å²) in [5.41, 5.74) is 0.393. The molecule has 0 radical (unpaired) electrons. The summed E-state index contributed by atoms with van der Waals surface area (Å²) < 4.78 is 17.7. The van der Waals surface area contributed by atoms with Crippen LogP contribution < -0.4 is 10.2 Å². The van der Waals surface area contributed by atoms with Gasteiger partial charge in [-0.25, -0.2) is 0 Å². The molecule has 1 saturated heterocycles. The van der Waals surface area contributed by atoms with Crippen LogP contribution in [0.15, 0.2) is 24.3 Å². The van der Waals surface area contributed by atoms with E-state index in [4.69, 9.17) is 25.6 Å². The zero-order chi connectivity index (χ0) is 15.5. The molecular weight excluding hydrogens is 286 g/mol. The first-order chi connectivity index (χ1) is 9.86. The number of unbranched alkanes of at least 4 members (excludes halogenated alkanes) is 1. The Hall–Kier alpha value is -0.705. The van der Waals surface area contributed by atoms with Gasteiger partial charge in [-0.3, -0.25) is 0 Å². The van der Waals surface area contributed by atoms with Crippen molar-refractivity contribution in [3.8, 4) is 5.75 Å². The Labute approximate surface area is 133 Å². The summed E-state index contributed by atoms with van der Waals surface area (Å²) in [5, 5.41) is 0. The van der Waals surface area contributed by atoms with Gasteiger partial charge in [-0.15, -0.1) is 11.6 Å². The highest BCUT2D eigenvalue weighted by molar-refractivity contribution is 6.62. The van der Waals surface area contributed by atoms with Crippen molar-refractivity contribution < 1.29 is 14.0 Å². The predicted molar refractivity (Wildman–Crippen MR) is 87.6 cm³/mol. The molecule has 1 aliphatic rings. The van der Waals surface area contributed by atoms with Crippen molar-refractivity contribution in [1.82, 2.24) is 0 Å². The maximum Gasteiger partial charge on any atom is 0.494 e. The van der Waals surface area contributed by atoms with E-state index in [9.17, 15) is 0 Å². The second-order valence-corrected chi connectivity index (χ2v) is 6.78. The van der Waals surface area contributed by atoms with Crippen LogP contribution in [0, 0.1) is 0 Å². The Bertz CT molecular complexity index is 443. The van der Waals surface area contributed by atoms with E-state index in [1.165, 1.54) is 0 Å². The third-order valence-electron chi connectivity index (χ3n) is 4.20. The van der Waals surface area contributed by atoms with Crippen molar-refractivity contribution in [2.75, 3.05) is 12.5 Å². The van der Waals surface area contributed by atoms with Gasteiger partial charge >= 0.3 is 7.12 Å². The molecule has 1 aliphatic heterocycles. The summed E-state index contributed by atoms with van der Waals surface area (Å²) in [7, 11) is -0.319. The summed E-state index contributed by atoms with van der Waals surface area (Å²) >= 11 is 5.64. The Kier molecular flexibility index (Phi) is 5.23. The summed E-state index contributed by atoms with van der Waals surface area (Å²) in [6, 6.07) is 7.92. The molecule has 0 atom stereocenters. The van der Waals surface area contributed by atoms with Gasteiger partial charge in [0.1, 0.15) is 5.75 Å². The minimum Gasteiger partial charge on any atom is -0.494 e. The van der Waals surface area contributed by atoms with Crippen LogP contribution in [-0.2, 0) is 9.31 Å². The van der Waals surface area contributed by atoms with Gasteiger partial charge in [0.25, 0.3) is 0 Å². The van der Waals surface area contributed by atoms with E-state index in [1.54, 1.807) is 0 Å². The van der Waals surface area contributed by atoms with Crippen LogP contribution >= 0.6 is 11.6 Å². The summed E-state index contributed by atoms with van der Waals surface area (Å²) in [6.07, 6.45) is 1.95. The fraction of sp³-hybridized carbons (Fsp3) is 0.625. The maximum absolute atomic E-state index is 6.03. The van der Waals surface area contributed by atoms with E-state index >= 15 is 0 Å². The normalized spacial score (nSPS) is 19.8. The SMILES string of the molecule is CC1(C)OB(c2ccc(OCCCCCl)cc2)OC1(C)C. The molecule has 116 valence electrons. The molecule has 0 unspecified atom stereocenters. The first-order valence-electron chi connectivity index (χ1n) is 7.50. The molecule has 0 aliphatic carbocycles. The number of ether oxygens (including phenoxy) is 1. The fourth-order valence-corrected chi connectivity index (χ4v) is 2.28. The molecule has 0 amide bonds. The second kappa shape index (κ2) is 6.59.